The number of aryl methyl sites for hydroxylation is 1. The maximum Gasteiger partial charge on any atom is 0.417 e. The van der Waals surface area contributed by atoms with E-state index in [9.17, 15) is 13.2 Å². The number of aliphatic hydroxyl groups is 1. The first-order valence-electron chi connectivity index (χ1n) is 5.43. The first kappa shape index (κ1) is 15.3. The molecular formula is C12H14F3NO3. The van der Waals surface area contributed by atoms with Gasteiger partial charge in [-0.1, -0.05) is 16.8 Å². The van der Waals surface area contributed by atoms with Crippen molar-refractivity contribution < 1.29 is 28.2 Å². The summed E-state index contributed by atoms with van der Waals surface area (Å²) < 4.78 is 41.4. The SMILES string of the molecule is CC(=NO)c1cc(C)ccc1OCC(O)C(F)(F)F. The molecule has 0 bridgehead atoms. The topological polar surface area (TPSA) is 62.1 Å². The minimum absolute atomic E-state index is 0.115. The predicted octanol–water partition coefficient (Wildman–Crippen LogP) is 2.50. The van der Waals surface area contributed by atoms with Gasteiger partial charge in [0.15, 0.2) is 6.10 Å². The number of alkyl halides is 3. The summed E-state index contributed by atoms with van der Waals surface area (Å²) in [6.07, 6.45) is -7.29. The first-order valence-corrected chi connectivity index (χ1v) is 5.43. The first-order chi connectivity index (χ1) is 8.75. The molecule has 0 radical (unpaired) electrons. The molecule has 0 aliphatic carbocycles. The molecule has 0 fully saturated rings. The molecule has 0 saturated carbocycles. The molecule has 0 amide bonds. The van der Waals surface area contributed by atoms with Gasteiger partial charge >= 0.3 is 6.18 Å². The van der Waals surface area contributed by atoms with Gasteiger partial charge in [-0.3, -0.25) is 0 Å². The van der Waals surface area contributed by atoms with Crippen molar-refractivity contribution in [2.75, 3.05) is 6.61 Å². The fourth-order valence-electron chi connectivity index (χ4n) is 1.37. The van der Waals surface area contributed by atoms with Gasteiger partial charge in [-0.15, -0.1) is 0 Å². The van der Waals surface area contributed by atoms with Crippen LogP contribution in [0.1, 0.15) is 18.1 Å². The van der Waals surface area contributed by atoms with Crippen molar-refractivity contribution >= 4 is 5.71 Å². The summed E-state index contributed by atoms with van der Waals surface area (Å²) in [4.78, 5) is 0. The van der Waals surface area contributed by atoms with E-state index in [1.54, 1.807) is 19.1 Å². The molecule has 1 atom stereocenters. The van der Waals surface area contributed by atoms with Gasteiger partial charge in [0, 0.05) is 5.56 Å². The van der Waals surface area contributed by atoms with Crippen molar-refractivity contribution in [3.8, 4) is 5.75 Å². The molecule has 0 aliphatic heterocycles. The van der Waals surface area contributed by atoms with E-state index in [2.05, 4.69) is 5.16 Å². The zero-order chi connectivity index (χ0) is 14.6. The van der Waals surface area contributed by atoms with Crippen LogP contribution >= 0.6 is 0 Å². The van der Waals surface area contributed by atoms with Crippen LogP contribution in [0.15, 0.2) is 23.4 Å². The van der Waals surface area contributed by atoms with Crippen LogP contribution in [0.2, 0.25) is 0 Å². The molecule has 0 saturated heterocycles. The second kappa shape index (κ2) is 5.92. The molecule has 1 aromatic carbocycles. The van der Waals surface area contributed by atoms with E-state index in [1.807, 2.05) is 0 Å². The molecule has 19 heavy (non-hydrogen) atoms. The standard InChI is InChI=1S/C12H14F3NO3/c1-7-3-4-10(9(5-7)8(2)16-18)19-6-11(17)12(13,14)15/h3-5,11,17-18H,6H2,1-2H3. The Bertz CT molecular complexity index is 472. The van der Waals surface area contributed by atoms with E-state index >= 15 is 0 Å². The number of hydrogen-bond donors (Lipinski definition) is 2. The average molecular weight is 277 g/mol. The van der Waals surface area contributed by atoms with E-state index in [4.69, 9.17) is 15.1 Å². The number of rotatable bonds is 4. The van der Waals surface area contributed by atoms with Gasteiger partial charge in [0.05, 0.1) is 5.71 Å². The van der Waals surface area contributed by atoms with E-state index in [-0.39, 0.29) is 11.5 Å². The quantitative estimate of drug-likeness (QED) is 0.505. The number of halogens is 3. The molecule has 1 rings (SSSR count). The maximum absolute atomic E-state index is 12.1. The highest BCUT2D eigenvalue weighted by Gasteiger charge is 2.38. The Morgan fingerprint density at radius 2 is 2.05 bits per heavy atom. The highest BCUT2D eigenvalue weighted by molar-refractivity contribution is 6.00. The number of aliphatic hydroxyl groups excluding tert-OH is 1. The second-order valence-corrected chi connectivity index (χ2v) is 4.05. The van der Waals surface area contributed by atoms with Crippen LogP contribution in [0, 0.1) is 6.92 Å². The number of ether oxygens (including phenoxy) is 1. The third kappa shape index (κ3) is 4.13. The third-order valence-corrected chi connectivity index (χ3v) is 2.45. The highest BCUT2D eigenvalue weighted by atomic mass is 19.4. The van der Waals surface area contributed by atoms with Crippen LogP contribution in [0.25, 0.3) is 0 Å². The molecule has 1 unspecified atom stereocenters. The van der Waals surface area contributed by atoms with Crippen LogP contribution in [0.3, 0.4) is 0 Å². The summed E-state index contributed by atoms with van der Waals surface area (Å²) in [5.41, 5.74) is 1.42. The van der Waals surface area contributed by atoms with Gasteiger partial charge in [-0.05, 0) is 26.0 Å². The maximum atomic E-state index is 12.1. The van der Waals surface area contributed by atoms with Crippen molar-refractivity contribution in [1.29, 1.82) is 0 Å². The Labute approximate surface area is 108 Å². The normalized spacial score (nSPS) is 14.3. The second-order valence-electron chi connectivity index (χ2n) is 4.05. The zero-order valence-corrected chi connectivity index (χ0v) is 10.4. The fourth-order valence-corrected chi connectivity index (χ4v) is 1.37. The van der Waals surface area contributed by atoms with Crippen LogP contribution in [-0.4, -0.2) is 34.9 Å². The van der Waals surface area contributed by atoms with E-state index in [0.717, 1.165) is 5.56 Å². The summed E-state index contributed by atoms with van der Waals surface area (Å²) in [5, 5.41) is 20.6. The third-order valence-electron chi connectivity index (χ3n) is 2.45. The Morgan fingerprint density at radius 3 is 2.58 bits per heavy atom. The minimum Gasteiger partial charge on any atom is -0.490 e. The number of nitrogens with zero attached hydrogens (tertiary/aromatic N) is 1. The fraction of sp³-hybridized carbons (Fsp3) is 0.417. The van der Waals surface area contributed by atoms with Gasteiger partial charge in [-0.25, -0.2) is 0 Å². The summed E-state index contributed by atoms with van der Waals surface area (Å²) in [6, 6.07) is 4.72. The average Bonchev–Trinajstić information content (AvgIpc) is 2.34. The molecule has 0 aliphatic rings. The summed E-state index contributed by atoms with van der Waals surface area (Å²) in [7, 11) is 0. The lowest BCUT2D eigenvalue weighted by Crippen LogP contribution is -2.34. The van der Waals surface area contributed by atoms with E-state index in [1.165, 1.54) is 13.0 Å². The van der Waals surface area contributed by atoms with Crippen molar-refractivity contribution in [2.24, 2.45) is 5.16 Å². The summed E-state index contributed by atoms with van der Waals surface area (Å²) >= 11 is 0. The number of hydrogen-bond acceptors (Lipinski definition) is 4. The minimum atomic E-state index is -4.73. The van der Waals surface area contributed by atoms with Crippen LogP contribution in [0.5, 0.6) is 5.75 Å². The molecule has 106 valence electrons. The van der Waals surface area contributed by atoms with E-state index < -0.39 is 18.9 Å². The Morgan fingerprint density at radius 1 is 1.42 bits per heavy atom. The highest BCUT2D eigenvalue weighted by Crippen LogP contribution is 2.24. The lowest BCUT2D eigenvalue weighted by molar-refractivity contribution is -0.210. The van der Waals surface area contributed by atoms with Crippen molar-refractivity contribution in [3.05, 3.63) is 29.3 Å². The Balaban J connectivity index is 2.90. The van der Waals surface area contributed by atoms with Gasteiger partial charge in [0.2, 0.25) is 0 Å². The van der Waals surface area contributed by atoms with Crippen molar-refractivity contribution in [1.82, 2.24) is 0 Å². The van der Waals surface area contributed by atoms with Gasteiger partial charge < -0.3 is 15.1 Å². The molecule has 2 N–H and O–H groups in total. The summed E-state index contributed by atoms with van der Waals surface area (Å²) in [5.74, 6) is 0.115. The van der Waals surface area contributed by atoms with Gasteiger partial charge in [0.1, 0.15) is 12.4 Å². The largest absolute Gasteiger partial charge is 0.490 e. The molecular weight excluding hydrogens is 263 g/mol. The zero-order valence-electron chi connectivity index (χ0n) is 10.4. The van der Waals surface area contributed by atoms with Crippen LogP contribution < -0.4 is 4.74 Å². The number of benzene rings is 1. The lowest BCUT2D eigenvalue weighted by Gasteiger charge is -2.17. The monoisotopic (exact) mass is 277 g/mol. The molecule has 0 heterocycles. The van der Waals surface area contributed by atoms with Crippen molar-refractivity contribution in [3.63, 3.8) is 0 Å². The smallest absolute Gasteiger partial charge is 0.417 e. The predicted molar refractivity (Wildman–Crippen MR) is 62.7 cm³/mol. The molecule has 7 heteroatoms. The lowest BCUT2D eigenvalue weighted by atomic mass is 10.1. The Hall–Kier alpha value is -1.76. The van der Waals surface area contributed by atoms with Crippen molar-refractivity contribution in [2.45, 2.75) is 26.1 Å². The molecule has 1 aromatic rings. The molecule has 4 nitrogen and oxygen atoms in total. The van der Waals surface area contributed by atoms with Gasteiger partial charge in [0.25, 0.3) is 0 Å². The molecule has 0 aromatic heterocycles. The van der Waals surface area contributed by atoms with Crippen LogP contribution in [0.4, 0.5) is 13.2 Å². The van der Waals surface area contributed by atoms with E-state index in [0.29, 0.717) is 5.56 Å². The molecule has 0 spiro atoms. The Kier molecular flexibility index (Phi) is 4.77. The van der Waals surface area contributed by atoms with Crippen LogP contribution in [-0.2, 0) is 0 Å². The number of oxime groups is 1. The summed E-state index contributed by atoms with van der Waals surface area (Å²) in [6.45, 7) is 2.35. The van der Waals surface area contributed by atoms with Gasteiger partial charge in [-0.2, -0.15) is 13.2 Å².